The van der Waals surface area contributed by atoms with Crippen molar-refractivity contribution < 1.29 is 14.1 Å². The summed E-state index contributed by atoms with van der Waals surface area (Å²) in [6.45, 7) is 12.0. The average Bonchev–Trinajstić information content (AvgIpc) is 2.66. The van der Waals surface area contributed by atoms with E-state index in [9.17, 15) is 4.79 Å². The Labute approximate surface area is 108 Å². The second-order valence-corrected chi connectivity index (χ2v) is 5.68. The third-order valence-electron chi connectivity index (χ3n) is 2.59. The minimum absolute atomic E-state index is 0.0531. The molecule has 0 amide bonds. The summed E-state index contributed by atoms with van der Waals surface area (Å²) in [6, 6.07) is 0. The number of hydrogen-bond donors (Lipinski definition) is 0. The predicted molar refractivity (Wildman–Crippen MR) is 67.2 cm³/mol. The summed E-state index contributed by atoms with van der Waals surface area (Å²) in [7, 11) is 0. The van der Waals surface area contributed by atoms with Gasteiger partial charge in [0.05, 0.1) is 6.61 Å². The number of rotatable bonds is 4. The van der Waals surface area contributed by atoms with Crippen LogP contribution in [0.2, 0.25) is 0 Å². The Morgan fingerprint density at radius 3 is 2.39 bits per heavy atom. The van der Waals surface area contributed by atoms with Crippen LogP contribution in [0.15, 0.2) is 4.52 Å². The van der Waals surface area contributed by atoms with E-state index in [1.165, 1.54) is 0 Å². The molecule has 5 heteroatoms. The predicted octanol–water partition coefficient (Wildman–Crippen LogP) is 2.67. The number of esters is 1. The maximum Gasteiger partial charge on any atom is 0.318 e. The molecule has 1 rings (SSSR count). The molecule has 0 saturated heterocycles. The highest BCUT2D eigenvalue weighted by atomic mass is 16.5. The fourth-order valence-corrected chi connectivity index (χ4v) is 1.56. The van der Waals surface area contributed by atoms with Gasteiger partial charge in [-0.05, 0) is 12.8 Å². The van der Waals surface area contributed by atoms with Crippen molar-refractivity contribution in [2.75, 3.05) is 6.61 Å². The second-order valence-electron chi connectivity index (χ2n) is 5.68. The molecule has 102 valence electrons. The van der Waals surface area contributed by atoms with Crippen molar-refractivity contribution in [1.29, 1.82) is 0 Å². The molecule has 0 saturated carbocycles. The lowest BCUT2D eigenvalue weighted by molar-refractivity contribution is -0.146. The molecule has 0 N–H and O–H groups in total. The molecule has 0 aliphatic carbocycles. The normalized spacial score (nSPS) is 13.7. The summed E-state index contributed by atoms with van der Waals surface area (Å²) in [5.41, 5.74) is -0.196. The third kappa shape index (κ3) is 3.31. The molecule has 0 aliphatic heterocycles. The fraction of sp³-hybridized carbons (Fsp3) is 0.769. The van der Waals surface area contributed by atoms with Gasteiger partial charge in [-0.3, -0.25) is 4.79 Å². The molecule has 1 aromatic heterocycles. The average molecular weight is 254 g/mol. The van der Waals surface area contributed by atoms with Crippen LogP contribution in [0, 0.1) is 5.92 Å². The number of carbonyl (C=O) groups excluding carboxylic acids is 1. The van der Waals surface area contributed by atoms with Gasteiger partial charge in [0.15, 0.2) is 5.82 Å². The molecular formula is C13H22N2O3. The monoisotopic (exact) mass is 254 g/mol. The van der Waals surface area contributed by atoms with Crippen molar-refractivity contribution in [3.63, 3.8) is 0 Å². The SMILES string of the molecule is CCOC(=O)C(c1nc(C(C)(C)C)no1)C(C)C. The Balaban J connectivity index is 3.01. The van der Waals surface area contributed by atoms with Gasteiger partial charge < -0.3 is 9.26 Å². The van der Waals surface area contributed by atoms with Crippen LogP contribution in [0.25, 0.3) is 0 Å². The van der Waals surface area contributed by atoms with Gasteiger partial charge in [0.2, 0.25) is 5.89 Å². The van der Waals surface area contributed by atoms with Crippen molar-refractivity contribution in [1.82, 2.24) is 10.1 Å². The molecule has 0 radical (unpaired) electrons. The Bertz CT molecular complexity index is 405. The summed E-state index contributed by atoms with van der Waals surface area (Å²) in [6.07, 6.45) is 0. The zero-order chi connectivity index (χ0) is 13.9. The van der Waals surface area contributed by atoms with E-state index in [1.54, 1.807) is 6.92 Å². The highest BCUT2D eigenvalue weighted by Gasteiger charge is 2.32. The molecule has 0 aromatic carbocycles. The molecule has 0 spiro atoms. The first kappa shape index (κ1) is 14.7. The van der Waals surface area contributed by atoms with Crippen LogP contribution in [-0.4, -0.2) is 22.7 Å². The lowest BCUT2D eigenvalue weighted by atomic mass is 9.94. The van der Waals surface area contributed by atoms with Gasteiger partial charge in [0.25, 0.3) is 0 Å². The maximum atomic E-state index is 11.9. The quantitative estimate of drug-likeness (QED) is 0.773. The minimum atomic E-state index is -0.492. The number of ether oxygens (including phenoxy) is 1. The summed E-state index contributed by atoms with van der Waals surface area (Å²) in [5, 5.41) is 3.94. The van der Waals surface area contributed by atoms with Crippen LogP contribution in [0.4, 0.5) is 0 Å². The molecule has 5 nitrogen and oxygen atoms in total. The summed E-state index contributed by atoms with van der Waals surface area (Å²) >= 11 is 0. The van der Waals surface area contributed by atoms with E-state index >= 15 is 0 Å². The Morgan fingerprint density at radius 2 is 2.00 bits per heavy atom. The van der Waals surface area contributed by atoms with Crippen LogP contribution < -0.4 is 0 Å². The van der Waals surface area contributed by atoms with Gasteiger partial charge in [0, 0.05) is 5.41 Å². The smallest absolute Gasteiger partial charge is 0.318 e. The van der Waals surface area contributed by atoms with Gasteiger partial charge >= 0.3 is 5.97 Å². The highest BCUT2D eigenvalue weighted by Crippen LogP contribution is 2.27. The van der Waals surface area contributed by atoms with Crippen molar-refractivity contribution in [3.8, 4) is 0 Å². The van der Waals surface area contributed by atoms with Gasteiger partial charge in [-0.25, -0.2) is 0 Å². The topological polar surface area (TPSA) is 65.2 Å². The van der Waals surface area contributed by atoms with Gasteiger partial charge in [-0.1, -0.05) is 39.8 Å². The molecule has 0 aliphatic rings. The van der Waals surface area contributed by atoms with Crippen LogP contribution >= 0.6 is 0 Å². The van der Waals surface area contributed by atoms with Crippen molar-refractivity contribution in [3.05, 3.63) is 11.7 Å². The lowest BCUT2D eigenvalue weighted by Gasteiger charge is -2.15. The number of hydrogen-bond acceptors (Lipinski definition) is 5. The summed E-state index contributed by atoms with van der Waals surface area (Å²) < 4.78 is 10.3. The maximum absolute atomic E-state index is 11.9. The van der Waals surface area contributed by atoms with E-state index in [1.807, 2.05) is 34.6 Å². The first-order valence-electron chi connectivity index (χ1n) is 6.28. The van der Waals surface area contributed by atoms with E-state index in [4.69, 9.17) is 9.26 Å². The number of carbonyl (C=O) groups is 1. The molecular weight excluding hydrogens is 232 g/mol. The van der Waals surface area contributed by atoms with Crippen molar-refractivity contribution >= 4 is 5.97 Å². The first-order valence-corrected chi connectivity index (χ1v) is 6.28. The van der Waals surface area contributed by atoms with Crippen LogP contribution in [-0.2, 0) is 14.9 Å². The Morgan fingerprint density at radius 1 is 1.39 bits per heavy atom. The molecule has 1 atom stereocenters. The second kappa shape index (κ2) is 5.50. The minimum Gasteiger partial charge on any atom is -0.465 e. The molecule has 1 heterocycles. The van der Waals surface area contributed by atoms with Crippen LogP contribution in [0.3, 0.4) is 0 Å². The molecule has 1 aromatic rings. The van der Waals surface area contributed by atoms with E-state index in [0.717, 1.165) is 0 Å². The molecule has 0 bridgehead atoms. The van der Waals surface area contributed by atoms with Crippen LogP contribution in [0.1, 0.15) is 59.2 Å². The Hall–Kier alpha value is -1.39. The van der Waals surface area contributed by atoms with Crippen molar-refractivity contribution in [2.24, 2.45) is 5.92 Å². The van der Waals surface area contributed by atoms with Gasteiger partial charge in [0.1, 0.15) is 5.92 Å². The lowest BCUT2D eigenvalue weighted by Crippen LogP contribution is -2.21. The van der Waals surface area contributed by atoms with Crippen molar-refractivity contribution in [2.45, 2.75) is 52.9 Å². The van der Waals surface area contributed by atoms with Crippen LogP contribution in [0.5, 0.6) is 0 Å². The largest absolute Gasteiger partial charge is 0.465 e. The fourth-order valence-electron chi connectivity index (χ4n) is 1.56. The van der Waals surface area contributed by atoms with E-state index in [-0.39, 0.29) is 17.3 Å². The molecule has 1 unspecified atom stereocenters. The summed E-state index contributed by atoms with van der Waals surface area (Å²) in [5.74, 6) is 0.198. The summed E-state index contributed by atoms with van der Waals surface area (Å²) in [4.78, 5) is 16.2. The third-order valence-corrected chi connectivity index (χ3v) is 2.59. The number of aromatic nitrogens is 2. The zero-order valence-electron chi connectivity index (χ0n) is 12.0. The zero-order valence-corrected chi connectivity index (χ0v) is 12.0. The number of nitrogens with zero attached hydrogens (tertiary/aromatic N) is 2. The first-order chi connectivity index (χ1) is 8.27. The van der Waals surface area contributed by atoms with E-state index < -0.39 is 5.92 Å². The van der Waals surface area contributed by atoms with Gasteiger partial charge in [-0.2, -0.15) is 4.98 Å². The Kier molecular flexibility index (Phi) is 4.48. The van der Waals surface area contributed by atoms with E-state index in [2.05, 4.69) is 10.1 Å². The molecule has 0 fully saturated rings. The standard InChI is InChI=1S/C13H22N2O3/c1-7-17-11(16)9(8(2)3)10-14-12(15-18-10)13(4,5)6/h8-9H,7H2,1-6H3. The van der Waals surface area contributed by atoms with Gasteiger partial charge in [-0.15, -0.1) is 0 Å². The van der Waals surface area contributed by atoms with E-state index in [0.29, 0.717) is 18.3 Å². The molecule has 18 heavy (non-hydrogen) atoms. The highest BCUT2D eigenvalue weighted by molar-refractivity contribution is 5.77.